The quantitative estimate of drug-likeness (QED) is 0.579. The van der Waals surface area contributed by atoms with Crippen LogP contribution in [0.15, 0.2) is 18.3 Å². The standard InChI is InChI=1S/C11H3F14N/c12-6(13,8(16,17)10(20,21)22)4-2-1-3-26-5(4)7(14,15)9(18,19)11(23,24)25/h1-3H. The fourth-order valence-corrected chi connectivity index (χ4v) is 1.58. The average molecular weight is 415 g/mol. The summed E-state index contributed by atoms with van der Waals surface area (Å²) in [6.45, 7) is 0. The van der Waals surface area contributed by atoms with Crippen molar-refractivity contribution < 1.29 is 61.5 Å². The molecule has 0 saturated heterocycles. The van der Waals surface area contributed by atoms with Gasteiger partial charge in [0, 0.05) is 6.20 Å². The fraction of sp³-hybridized carbons (Fsp3) is 0.545. The minimum atomic E-state index is -7.10. The number of nitrogens with zero attached hydrogens (tertiary/aromatic N) is 1. The van der Waals surface area contributed by atoms with Gasteiger partial charge in [0.25, 0.3) is 0 Å². The molecule has 0 radical (unpaired) electrons. The van der Waals surface area contributed by atoms with Gasteiger partial charge in [-0.25, -0.2) is 0 Å². The Morgan fingerprint density at radius 3 is 1.35 bits per heavy atom. The molecule has 0 saturated carbocycles. The monoisotopic (exact) mass is 415 g/mol. The van der Waals surface area contributed by atoms with Crippen LogP contribution in [0.4, 0.5) is 61.5 Å². The van der Waals surface area contributed by atoms with Crippen molar-refractivity contribution in [3.8, 4) is 0 Å². The van der Waals surface area contributed by atoms with Crippen LogP contribution in [0.25, 0.3) is 0 Å². The van der Waals surface area contributed by atoms with Crippen LogP contribution in [0, 0.1) is 0 Å². The lowest BCUT2D eigenvalue weighted by molar-refractivity contribution is -0.367. The maximum atomic E-state index is 13.5. The average Bonchev–Trinajstić information content (AvgIpc) is 2.44. The minimum absolute atomic E-state index is 0.0684. The minimum Gasteiger partial charge on any atom is -0.254 e. The van der Waals surface area contributed by atoms with Crippen molar-refractivity contribution in [2.24, 2.45) is 0 Å². The van der Waals surface area contributed by atoms with Gasteiger partial charge in [0.2, 0.25) is 0 Å². The van der Waals surface area contributed by atoms with E-state index in [-0.39, 0.29) is 12.3 Å². The summed E-state index contributed by atoms with van der Waals surface area (Å²) in [7, 11) is 0. The van der Waals surface area contributed by atoms with Gasteiger partial charge in [-0.2, -0.15) is 61.5 Å². The molecule has 1 aromatic rings. The summed E-state index contributed by atoms with van der Waals surface area (Å²) in [4.78, 5) is 2.08. The first-order valence-corrected chi connectivity index (χ1v) is 5.83. The van der Waals surface area contributed by atoms with Gasteiger partial charge < -0.3 is 0 Å². The zero-order chi connectivity index (χ0) is 21.0. The lowest BCUT2D eigenvalue weighted by Gasteiger charge is -2.33. The first-order chi connectivity index (χ1) is 11.2. The summed E-state index contributed by atoms with van der Waals surface area (Å²) in [5.41, 5.74) is -6.42. The van der Waals surface area contributed by atoms with Gasteiger partial charge in [-0.15, -0.1) is 0 Å². The number of pyridine rings is 1. The molecule has 0 amide bonds. The summed E-state index contributed by atoms with van der Waals surface area (Å²) in [6.07, 6.45) is -14.2. The van der Waals surface area contributed by atoms with E-state index in [0.29, 0.717) is 0 Å². The smallest absolute Gasteiger partial charge is 0.254 e. The van der Waals surface area contributed by atoms with Gasteiger partial charge in [0.1, 0.15) is 5.69 Å². The van der Waals surface area contributed by atoms with Gasteiger partial charge in [-0.3, -0.25) is 4.98 Å². The highest BCUT2D eigenvalue weighted by Crippen LogP contribution is 2.57. The molecule has 26 heavy (non-hydrogen) atoms. The normalized spacial score (nSPS) is 15.3. The highest BCUT2D eigenvalue weighted by atomic mass is 19.4. The van der Waals surface area contributed by atoms with Gasteiger partial charge in [0.15, 0.2) is 0 Å². The van der Waals surface area contributed by atoms with Crippen LogP contribution < -0.4 is 0 Å². The van der Waals surface area contributed by atoms with Gasteiger partial charge in [-0.1, -0.05) is 0 Å². The Morgan fingerprint density at radius 1 is 0.577 bits per heavy atom. The van der Waals surface area contributed by atoms with E-state index < -0.39 is 53.4 Å². The molecule has 15 heteroatoms. The van der Waals surface area contributed by atoms with Crippen LogP contribution in [0.3, 0.4) is 0 Å². The molecule has 1 heterocycles. The third kappa shape index (κ3) is 3.04. The molecule has 0 aromatic carbocycles. The molecule has 0 aliphatic rings. The van der Waals surface area contributed by atoms with Crippen LogP contribution >= 0.6 is 0 Å². The summed E-state index contributed by atoms with van der Waals surface area (Å²) in [6, 6.07) is -0.524. The molecule has 0 spiro atoms. The molecule has 0 unspecified atom stereocenters. The predicted molar refractivity (Wildman–Crippen MR) is 54.0 cm³/mol. The number of alkyl halides is 14. The molecular weight excluding hydrogens is 412 g/mol. The highest BCUT2D eigenvalue weighted by molar-refractivity contribution is 5.32. The van der Waals surface area contributed by atoms with Crippen molar-refractivity contribution in [2.45, 2.75) is 36.0 Å². The van der Waals surface area contributed by atoms with Crippen LogP contribution in [0.1, 0.15) is 11.3 Å². The van der Waals surface area contributed by atoms with Crippen LogP contribution in [-0.4, -0.2) is 29.2 Å². The largest absolute Gasteiger partial charge is 0.460 e. The second-order valence-corrected chi connectivity index (χ2v) is 4.69. The van der Waals surface area contributed by atoms with E-state index in [4.69, 9.17) is 0 Å². The Kier molecular flexibility index (Phi) is 4.99. The van der Waals surface area contributed by atoms with Crippen LogP contribution in [0.5, 0.6) is 0 Å². The Morgan fingerprint density at radius 2 is 0.962 bits per heavy atom. The summed E-state index contributed by atoms with van der Waals surface area (Å²) in [5.74, 6) is -27.5. The Hall–Kier alpha value is -1.83. The third-order valence-corrected chi connectivity index (χ3v) is 2.94. The highest BCUT2D eigenvalue weighted by Gasteiger charge is 2.78. The number of halogens is 14. The molecule has 1 aromatic heterocycles. The fourth-order valence-electron chi connectivity index (χ4n) is 1.58. The van der Waals surface area contributed by atoms with Crippen LogP contribution in [-0.2, 0) is 11.8 Å². The summed E-state index contributed by atoms with van der Waals surface area (Å²) in [5, 5.41) is 0. The molecule has 150 valence electrons. The Balaban J connectivity index is 3.73. The number of rotatable bonds is 4. The summed E-state index contributed by atoms with van der Waals surface area (Å²) < 4.78 is 178. The van der Waals surface area contributed by atoms with Crippen molar-refractivity contribution in [2.75, 3.05) is 0 Å². The first-order valence-electron chi connectivity index (χ1n) is 5.83. The van der Waals surface area contributed by atoms with Gasteiger partial charge in [0.05, 0.1) is 5.56 Å². The molecule has 0 aliphatic heterocycles. The van der Waals surface area contributed by atoms with E-state index in [2.05, 4.69) is 4.98 Å². The van der Waals surface area contributed by atoms with Crippen molar-refractivity contribution in [1.29, 1.82) is 0 Å². The molecule has 0 aliphatic carbocycles. The molecule has 0 atom stereocenters. The second-order valence-electron chi connectivity index (χ2n) is 4.69. The third-order valence-electron chi connectivity index (χ3n) is 2.94. The van der Waals surface area contributed by atoms with Crippen molar-refractivity contribution in [1.82, 2.24) is 4.98 Å². The molecule has 0 fully saturated rings. The van der Waals surface area contributed by atoms with Crippen molar-refractivity contribution in [3.63, 3.8) is 0 Å². The first kappa shape index (κ1) is 22.2. The van der Waals surface area contributed by atoms with E-state index in [1.54, 1.807) is 0 Å². The molecule has 1 nitrogen and oxygen atoms in total. The topological polar surface area (TPSA) is 12.9 Å². The number of hydrogen-bond donors (Lipinski definition) is 0. The predicted octanol–water partition coefficient (Wildman–Crippen LogP) is 5.66. The molecule has 1 rings (SSSR count). The van der Waals surface area contributed by atoms with Gasteiger partial charge in [-0.05, 0) is 12.1 Å². The molecular formula is C11H3F14N. The second kappa shape index (κ2) is 5.84. The Labute approximate surface area is 133 Å². The lowest BCUT2D eigenvalue weighted by atomic mass is 9.94. The maximum Gasteiger partial charge on any atom is 0.460 e. The SMILES string of the molecule is FC(F)(F)C(F)(F)C(F)(F)c1cccnc1C(F)(F)C(F)(F)C(F)(F)F. The lowest BCUT2D eigenvalue weighted by Crippen LogP contribution is -2.54. The van der Waals surface area contributed by atoms with E-state index in [9.17, 15) is 61.5 Å². The van der Waals surface area contributed by atoms with Crippen LogP contribution in [0.2, 0.25) is 0 Å². The van der Waals surface area contributed by atoms with Crippen molar-refractivity contribution in [3.05, 3.63) is 29.6 Å². The Bertz CT molecular complexity index is 599. The van der Waals surface area contributed by atoms with E-state index >= 15 is 0 Å². The zero-order valence-electron chi connectivity index (χ0n) is 11.5. The van der Waals surface area contributed by atoms with E-state index in [1.165, 1.54) is 0 Å². The number of hydrogen-bond acceptors (Lipinski definition) is 1. The molecule has 0 bridgehead atoms. The van der Waals surface area contributed by atoms with Crippen molar-refractivity contribution >= 4 is 0 Å². The van der Waals surface area contributed by atoms with E-state index in [1.807, 2.05) is 0 Å². The number of aromatic nitrogens is 1. The maximum absolute atomic E-state index is 13.5. The summed E-state index contributed by atoms with van der Waals surface area (Å²) >= 11 is 0. The zero-order valence-corrected chi connectivity index (χ0v) is 11.5. The van der Waals surface area contributed by atoms with Gasteiger partial charge >= 0.3 is 36.0 Å². The molecule has 0 N–H and O–H groups in total. The van der Waals surface area contributed by atoms with E-state index in [0.717, 1.165) is 0 Å².